The van der Waals surface area contributed by atoms with E-state index in [1.54, 1.807) is 5.57 Å². The fourth-order valence-electron chi connectivity index (χ4n) is 2.87. The number of ether oxygens (including phenoxy) is 1. The zero-order chi connectivity index (χ0) is 16.5. The van der Waals surface area contributed by atoms with Crippen LogP contribution in [0.15, 0.2) is 47.3 Å². The molecule has 0 saturated carbocycles. The van der Waals surface area contributed by atoms with Gasteiger partial charge in [-0.05, 0) is 77.4 Å². The Morgan fingerprint density at radius 1 is 1.27 bits per heavy atom. The summed E-state index contributed by atoms with van der Waals surface area (Å²) in [5, 5.41) is 0. The average Bonchev–Trinajstić information content (AvgIpc) is 2.89. The average molecular weight is 303 g/mol. The molecule has 0 heterocycles. The van der Waals surface area contributed by atoms with Crippen LogP contribution < -0.4 is 0 Å². The van der Waals surface area contributed by atoms with Crippen molar-refractivity contribution in [2.45, 2.75) is 79.2 Å². The van der Waals surface area contributed by atoms with Crippen LogP contribution in [0.5, 0.6) is 0 Å². The highest BCUT2D eigenvalue weighted by Gasteiger charge is 2.18. The first-order valence-corrected chi connectivity index (χ1v) is 8.75. The maximum atomic E-state index is 6.10. The van der Waals surface area contributed by atoms with Crippen LogP contribution in [0.4, 0.5) is 0 Å². The number of rotatable bonds is 9. The predicted octanol–water partition coefficient (Wildman–Crippen LogP) is 6.73. The van der Waals surface area contributed by atoms with E-state index in [9.17, 15) is 0 Å². The molecule has 1 aliphatic carbocycles. The smallest absolute Gasteiger partial charge is 0.114 e. The first-order chi connectivity index (χ1) is 10.4. The first-order valence-electron chi connectivity index (χ1n) is 8.75. The van der Waals surface area contributed by atoms with Gasteiger partial charge in [-0.1, -0.05) is 36.8 Å². The number of hydrogen-bond acceptors (Lipinski definition) is 1. The van der Waals surface area contributed by atoms with Gasteiger partial charge < -0.3 is 4.74 Å². The molecule has 0 saturated heterocycles. The Morgan fingerprint density at radius 3 is 2.64 bits per heavy atom. The summed E-state index contributed by atoms with van der Waals surface area (Å²) in [6, 6.07) is 0. The van der Waals surface area contributed by atoms with Gasteiger partial charge in [-0.25, -0.2) is 0 Å². The number of allylic oxidation sites excluding steroid dienone is 6. The molecule has 22 heavy (non-hydrogen) atoms. The lowest BCUT2D eigenvalue weighted by Crippen LogP contribution is -2.05. The van der Waals surface area contributed by atoms with Crippen molar-refractivity contribution >= 4 is 0 Å². The van der Waals surface area contributed by atoms with Gasteiger partial charge in [-0.15, -0.1) is 0 Å². The molecule has 1 aliphatic rings. The van der Waals surface area contributed by atoms with Gasteiger partial charge in [0.15, 0.2) is 0 Å². The van der Waals surface area contributed by atoms with Crippen LogP contribution in [-0.4, -0.2) is 6.10 Å². The molecule has 0 unspecified atom stereocenters. The van der Waals surface area contributed by atoms with E-state index in [2.05, 4.69) is 52.5 Å². The Labute approximate surface area is 137 Å². The fraction of sp³-hybridized carbons (Fsp3) is 0.619. The summed E-state index contributed by atoms with van der Waals surface area (Å²) < 4.78 is 6.10. The topological polar surface area (TPSA) is 9.23 Å². The van der Waals surface area contributed by atoms with E-state index in [1.807, 2.05) is 6.92 Å². The second kappa shape index (κ2) is 9.71. The summed E-state index contributed by atoms with van der Waals surface area (Å²) in [5.41, 5.74) is 4.28. The van der Waals surface area contributed by atoms with Crippen molar-refractivity contribution in [1.82, 2.24) is 0 Å². The molecule has 0 bridgehead atoms. The van der Waals surface area contributed by atoms with Crippen LogP contribution in [-0.2, 0) is 4.74 Å². The van der Waals surface area contributed by atoms with Crippen LogP contribution in [0.3, 0.4) is 0 Å². The molecule has 0 aromatic carbocycles. The number of hydrogen-bond donors (Lipinski definition) is 0. The normalized spacial score (nSPS) is 18.9. The van der Waals surface area contributed by atoms with Crippen LogP contribution in [0, 0.1) is 5.92 Å². The van der Waals surface area contributed by atoms with E-state index < -0.39 is 0 Å². The zero-order valence-corrected chi connectivity index (χ0v) is 15.2. The summed E-state index contributed by atoms with van der Waals surface area (Å²) in [7, 11) is 0. The molecule has 0 spiro atoms. The molecule has 0 N–H and O–H groups in total. The minimum absolute atomic E-state index is 0.197. The van der Waals surface area contributed by atoms with Gasteiger partial charge in [0.2, 0.25) is 0 Å². The quantitative estimate of drug-likeness (QED) is 0.429. The SMILES string of the molecule is C=C(C)CC=C(C)[C@H](C)CCC1=C(O[C@@H](C)C=CC)CCC1. The molecule has 0 amide bonds. The summed E-state index contributed by atoms with van der Waals surface area (Å²) in [6.45, 7) is 14.8. The van der Waals surface area contributed by atoms with Gasteiger partial charge in [-0.2, -0.15) is 0 Å². The van der Waals surface area contributed by atoms with Gasteiger partial charge in [0.1, 0.15) is 6.10 Å². The van der Waals surface area contributed by atoms with Gasteiger partial charge >= 0.3 is 0 Å². The summed E-state index contributed by atoms with van der Waals surface area (Å²) >= 11 is 0. The molecule has 0 fully saturated rings. The maximum absolute atomic E-state index is 6.10. The van der Waals surface area contributed by atoms with Crippen LogP contribution in [0.2, 0.25) is 0 Å². The lowest BCUT2D eigenvalue weighted by molar-refractivity contribution is 0.162. The largest absolute Gasteiger partial charge is 0.491 e. The predicted molar refractivity (Wildman–Crippen MR) is 97.8 cm³/mol. The molecule has 1 heteroatoms. The van der Waals surface area contributed by atoms with Crippen molar-refractivity contribution in [3.05, 3.63) is 47.3 Å². The molecule has 0 aliphatic heterocycles. The minimum Gasteiger partial charge on any atom is -0.491 e. The van der Waals surface area contributed by atoms with E-state index in [-0.39, 0.29) is 6.10 Å². The van der Waals surface area contributed by atoms with E-state index >= 15 is 0 Å². The summed E-state index contributed by atoms with van der Waals surface area (Å²) in [5.74, 6) is 1.91. The molecular formula is C21H34O. The molecule has 1 rings (SSSR count). The highest BCUT2D eigenvalue weighted by Crippen LogP contribution is 2.33. The Kier molecular flexibility index (Phi) is 8.30. The Morgan fingerprint density at radius 2 is 2.00 bits per heavy atom. The van der Waals surface area contributed by atoms with Crippen LogP contribution in [0.1, 0.15) is 73.1 Å². The Bertz CT molecular complexity index is 451. The van der Waals surface area contributed by atoms with Crippen molar-refractivity contribution in [1.29, 1.82) is 0 Å². The van der Waals surface area contributed by atoms with Crippen molar-refractivity contribution in [2.24, 2.45) is 5.92 Å². The van der Waals surface area contributed by atoms with Gasteiger partial charge in [0.25, 0.3) is 0 Å². The molecule has 2 atom stereocenters. The zero-order valence-electron chi connectivity index (χ0n) is 15.2. The fourth-order valence-corrected chi connectivity index (χ4v) is 2.87. The van der Waals surface area contributed by atoms with Crippen LogP contribution in [0.25, 0.3) is 0 Å². The highest BCUT2D eigenvalue weighted by molar-refractivity contribution is 5.16. The molecule has 0 radical (unpaired) electrons. The Hall–Kier alpha value is -1.24. The Balaban J connectivity index is 2.53. The third-order valence-corrected chi connectivity index (χ3v) is 4.50. The molecule has 0 aromatic heterocycles. The standard InChI is InChI=1S/C21H34O/c1-7-9-19(6)22-21-11-8-10-20(21)15-14-18(5)17(4)13-12-16(2)3/h7,9,13,18-19H,2,8,10-12,14-15H2,1,3-6H3/t18-,19+/m1/s1. The summed E-state index contributed by atoms with van der Waals surface area (Å²) in [6.07, 6.45) is 13.7. The third kappa shape index (κ3) is 6.68. The van der Waals surface area contributed by atoms with Crippen molar-refractivity contribution in [2.75, 3.05) is 0 Å². The van der Waals surface area contributed by atoms with Crippen molar-refractivity contribution < 1.29 is 4.74 Å². The first kappa shape index (κ1) is 18.8. The van der Waals surface area contributed by atoms with E-state index in [0.29, 0.717) is 5.92 Å². The third-order valence-electron chi connectivity index (χ3n) is 4.50. The summed E-state index contributed by atoms with van der Waals surface area (Å²) in [4.78, 5) is 0. The minimum atomic E-state index is 0.197. The highest BCUT2D eigenvalue weighted by atomic mass is 16.5. The van der Waals surface area contributed by atoms with Gasteiger partial charge in [-0.3, -0.25) is 0 Å². The maximum Gasteiger partial charge on any atom is 0.114 e. The van der Waals surface area contributed by atoms with Crippen LogP contribution >= 0.6 is 0 Å². The van der Waals surface area contributed by atoms with Gasteiger partial charge in [0, 0.05) is 6.42 Å². The molecular weight excluding hydrogens is 268 g/mol. The van der Waals surface area contributed by atoms with Crippen molar-refractivity contribution in [3.8, 4) is 0 Å². The van der Waals surface area contributed by atoms with E-state index in [0.717, 1.165) is 12.8 Å². The molecule has 0 aromatic rings. The van der Waals surface area contributed by atoms with Crippen molar-refractivity contribution in [3.63, 3.8) is 0 Å². The second-order valence-corrected chi connectivity index (χ2v) is 6.78. The second-order valence-electron chi connectivity index (χ2n) is 6.78. The van der Waals surface area contributed by atoms with E-state index in [4.69, 9.17) is 4.74 Å². The molecule has 124 valence electrons. The monoisotopic (exact) mass is 302 g/mol. The van der Waals surface area contributed by atoms with Gasteiger partial charge in [0.05, 0.1) is 5.76 Å². The lowest BCUT2D eigenvalue weighted by atomic mass is 9.93. The molecule has 1 nitrogen and oxygen atoms in total. The van der Waals surface area contributed by atoms with E-state index in [1.165, 1.54) is 42.6 Å². The lowest BCUT2D eigenvalue weighted by Gasteiger charge is -2.16.